The van der Waals surface area contributed by atoms with Crippen LogP contribution in [-0.4, -0.2) is 67.7 Å². The van der Waals surface area contributed by atoms with Crippen molar-refractivity contribution in [3.63, 3.8) is 0 Å². The number of methoxy groups -OCH3 is 1. The molecule has 0 spiro atoms. The molecule has 138 valence electrons. The zero-order valence-electron chi connectivity index (χ0n) is 14.8. The maximum absolute atomic E-state index is 12.4. The number of hydrogen-bond donors (Lipinski definition) is 1. The third-order valence-corrected chi connectivity index (χ3v) is 4.08. The Morgan fingerprint density at radius 1 is 1.24 bits per heavy atom. The molecule has 0 aromatic heterocycles. The van der Waals surface area contributed by atoms with Gasteiger partial charge in [0.05, 0.1) is 24.8 Å². The number of esters is 1. The molecule has 1 fully saturated rings. The Bertz CT molecular complexity index is 616. The molecular formula is C17H24ClN3O4. The number of carbonyl (C=O) groups excluding carboxylic acids is 2. The fourth-order valence-electron chi connectivity index (χ4n) is 2.49. The Hall–Kier alpha value is -1.99. The lowest BCUT2D eigenvalue weighted by Crippen LogP contribution is -2.51. The van der Waals surface area contributed by atoms with Gasteiger partial charge in [-0.05, 0) is 32.0 Å². The van der Waals surface area contributed by atoms with Crippen LogP contribution < -0.4 is 10.1 Å². The van der Waals surface area contributed by atoms with E-state index in [0.29, 0.717) is 42.6 Å². The first kappa shape index (κ1) is 19.3. The van der Waals surface area contributed by atoms with Crippen molar-refractivity contribution in [2.75, 3.05) is 45.2 Å². The van der Waals surface area contributed by atoms with E-state index in [0.717, 1.165) is 0 Å². The highest BCUT2D eigenvalue weighted by Gasteiger charge is 2.22. The van der Waals surface area contributed by atoms with Gasteiger partial charge < -0.3 is 19.7 Å². The quantitative estimate of drug-likeness (QED) is 0.807. The Morgan fingerprint density at radius 3 is 2.48 bits per heavy atom. The molecule has 1 aromatic rings. The first-order valence-corrected chi connectivity index (χ1v) is 8.58. The van der Waals surface area contributed by atoms with Gasteiger partial charge in [0.2, 0.25) is 0 Å². The Kier molecular flexibility index (Phi) is 6.90. The molecule has 0 saturated carbocycles. The average Bonchev–Trinajstić information content (AvgIpc) is 2.57. The van der Waals surface area contributed by atoms with Crippen molar-refractivity contribution in [1.29, 1.82) is 0 Å². The summed E-state index contributed by atoms with van der Waals surface area (Å²) in [5.74, 6) is 0.322. The number of benzene rings is 1. The molecule has 2 rings (SSSR count). The second kappa shape index (κ2) is 8.92. The molecule has 1 N–H and O–H groups in total. The summed E-state index contributed by atoms with van der Waals surface area (Å²) < 4.78 is 10.2. The topological polar surface area (TPSA) is 71.1 Å². The van der Waals surface area contributed by atoms with Crippen molar-refractivity contribution >= 4 is 29.3 Å². The van der Waals surface area contributed by atoms with E-state index in [1.54, 1.807) is 23.1 Å². The summed E-state index contributed by atoms with van der Waals surface area (Å²) in [5, 5.41) is 3.29. The summed E-state index contributed by atoms with van der Waals surface area (Å²) >= 11 is 6.18. The SMILES string of the molecule is COC(=O)CN1CCN(C(=O)Nc2ccc(OC(C)C)c(Cl)c2)CC1. The minimum Gasteiger partial charge on any atom is -0.489 e. The molecule has 1 aliphatic heterocycles. The summed E-state index contributed by atoms with van der Waals surface area (Å²) in [4.78, 5) is 27.3. The van der Waals surface area contributed by atoms with Crippen LogP contribution in [0.4, 0.5) is 10.5 Å². The Labute approximate surface area is 152 Å². The molecule has 0 aliphatic carbocycles. The van der Waals surface area contributed by atoms with Gasteiger partial charge in [-0.1, -0.05) is 11.6 Å². The van der Waals surface area contributed by atoms with Crippen LogP contribution in [0.2, 0.25) is 5.02 Å². The Morgan fingerprint density at radius 2 is 1.92 bits per heavy atom. The standard InChI is InChI=1S/C17H24ClN3O4/c1-12(2)25-15-5-4-13(10-14(15)18)19-17(23)21-8-6-20(7-9-21)11-16(22)24-3/h4-5,10,12H,6-9,11H2,1-3H3,(H,19,23). The molecule has 1 aromatic carbocycles. The number of ether oxygens (including phenoxy) is 2. The van der Waals surface area contributed by atoms with Crippen molar-refractivity contribution in [2.24, 2.45) is 0 Å². The highest BCUT2D eigenvalue weighted by atomic mass is 35.5. The van der Waals surface area contributed by atoms with Gasteiger partial charge in [-0.25, -0.2) is 4.79 Å². The fourth-order valence-corrected chi connectivity index (χ4v) is 2.71. The van der Waals surface area contributed by atoms with E-state index >= 15 is 0 Å². The van der Waals surface area contributed by atoms with Gasteiger partial charge in [0.25, 0.3) is 0 Å². The van der Waals surface area contributed by atoms with E-state index in [4.69, 9.17) is 16.3 Å². The molecule has 25 heavy (non-hydrogen) atoms. The molecule has 8 heteroatoms. The van der Waals surface area contributed by atoms with Crippen molar-refractivity contribution in [3.05, 3.63) is 23.2 Å². The number of nitrogens with zero attached hydrogens (tertiary/aromatic N) is 2. The maximum Gasteiger partial charge on any atom is 0.321 e. The van der Waals surface area contributed by atoms with Gasteiger partial charge in [-0.15, -0.1) is 0 Å². The fraction of sp³-hybridized carbons (Fsp3) is 0.529. The normalized spacial score (nSPS) is 15.2. The van der Waals surface area contributed by atoms with Crippen LogP contribution in [0.25, 0.3) is 0 Å². The van der Waals surface area contributed by atoms with E-state index in [2.05, 4.69) is 10.1 Å². The number of hydrogen-bond acceptors (Lipinski definition) is 5. The van der Waals surface area contributed by atoms with Crippen LogP contribution in [0.5, 0.6) is 5.75 Å². The third kappa shape index (κ3) is 5.79. The number of anilines is 1. The molecule has 1 aliphatic rings. The zero-order valence-corrected chi connectivity index (χ0v) is 15.5. The molecule has 0 radical (unpaired) electrons. The Balaban J connectivity index is 1.86. The minimum atomic E-state index is -0.267. The van der Waals surface area contributed by atoms with Crippen molar-refractivity contribution in [3.8, 4) is 5.75 Å². The lowest BCUT2D eigenvalue weighted by atomic mass is 10.3. The number of carbonyl (C=O) groups is 2. The smallest absolute Gasteiger partial charge is 0.321 e. The van der Waals surface area contributed by atoms with E-state index < -0.39 is 0 Å². The zero-order chi connectivity index (χ0) is 18.4. The van der Waals surface area contributed by atoms with Crippen LogP contribution in [0.1, 0.15) is 13.8 Å². The highest BCUT2D eigenvalue weighted by Crippen LogP contribution is 2.28. The monoisotopic (exact) mass is 369 g/mol. The van der Waals surface area contributed by atoms with E-state index in [-0.39, 0.29) is 24.6 Å². The molecule has 2 amide bonds. The van der Waals surface area contributed by atoms with E-state index in [1.165, 1.54) is 7.11 Å². The van der Waals surface area contributed by atoms with E-state index in [9.17, 15) is 9.59 Å². The first-order chi connectivity index (χ1) is 11.9. The van der Waals surface area contributed by atoms with Gasteiger partial charge in [-0.3, -0.25) is 9.69 Å². The lowest BCUT2D eigenvalue weighted by Gasteiger charge is -2.34. The number of piperazine rings is 1. The van der Waals surface area contributed by atoms with Crippen LogP contribution in [0.3, 0.4) is 0 Å². The predicted molar refractivity (Wildman–Crippen MR) is 96.3 cm³/mol. The highest BCUT2D eigenvalue weighted by molar-refractivity contribution is 6.32. The van der Waals surface area contributed by atoms with Gasteiger partial charge in [0, 0.05) is 31.9 Å². The second-order valence-electron chi connectivity index (χ2n) is 6.08. The summed E-state index contributed by atoms with van der Waals surface area (Å²) in [6, 6.07) is 4.98. The van der Waals surface area contributed by atoms with Crippen LogP contribution in [-0.2, 0) is 9.53 Å². The van der Waals surface area contributed by atoms with Gasteiger partial charge in [0.1, 0.15) is 5.75 Å². The van der Waals surface area contributed by atoms with Gasteiger partial charge in [-0.2, -0.15) is 0 Å². The molecule has 1 heterocycles. The minimum absolute atomic E-state index is 0.0271. The number of nitrogens with one attached hydrogen (secondary N) is 1. The summed E-state index contributed by atoms with van der Waals surface area (Å²) in [5.41, 5.74) is 0.614. The number of urea groups is 1. The molecule has 7 nitrogen and oxygen atoms in total. The van der Waals surface area contributed by atoms with E-state index in [1.807, 2.05) is 18.7 Å². The molecule has 0 bridgehead atoms. The number of halogens is 1. The number of rotatable bonds is 5. The largest absolute Gasteiger partial charge is 0.489 e. The number of amides is 2. The first-order valence-electron chi connectivity index (χ1n) is 8.20. The second-order valence-corrected chi connectivity index (χ2v) is 6.49. The van der Waals surface area contributed by atoms with Crippen molar-refractivity contribution in [2.45, 2.75) is 20.0 Å². The molecule has 0 unspecified atom stereocenters. The molecular weight excluding hydrogens is 346 g/mol. The van der Waals surface area contributed by atoms with Crippen LogP contribution in [0, 0.1) is 0 Å². The third-order valence-electron chi connectivity index (χ3n) is 3.79. The summed E-state index contributed by atoms with van der Waals surface area (Å²) in [6.07, 6.45) is 0.0271. The van der Waals surface area contributed by atoms with Gasteiger partial charge >= 0.3 is 12.0 Å². The average molecular weight is 370 g/mol. The summed E-state index contributed by atoms with van der Waals surface area (Å²) in [7, 11) is 1.37. The van der Waals surface area contributed by atoms with Gasteiger partial charge in [0.15, 0.2) is 0 Å². The van der Waals surface area contributed by atoms with Crippen molar-refractivity contribution in [1.82, 2.24) is 9.80 Å². The van der Waals surface area contributed by atoms with Crippen molar-refractivity contribution < 1.29 is 19.1 Å². The molecule has 1 saturated heterocycles. The molecule has 0 atom stereocenters. The van der Waals surface area contributed by atoms with Crippen LogP contribution in [0.15, 0.2) is 18.2 Å². The summed E-state index contributed by atoms with van der Waals surface area (Å²) in [6.45, 7) is 6.45. The predicted octanol–water partition coefficient (Wildman–Crippen LogP) is 2.45. The maximum atomic E-state index is 12.4. The lowest BCUT2D eigenvalue weighted by molar-refractivity contribution is -0.142. The van der Waals surface area contributed by atoms with Crippen LogP contribution >= 0.6 is 11.6 Å².